The second-order valence-corrected chi connectivity index (χ2v) is 3.28. The molecule has 0 aliphatic heterocycles. The highest BCUT2D eigenvalue weighted by molar-refractivity contribution is 5.49. The lowest BCUT2D eigenvalue weighted by Gasteiger charge is -2.09. The van der Waals surface area contributed by atoms with Gasteiger partial charge in [0.05, 0.1) is 17.1 Å². The summed E-state index contributed by atoms with van der Waals surface area (Å²) in [6.07, 6.45) is -4.63. The fraction of sp³-hybridized carbons (Fsp3) is 0.400. The molecule has 0 heterocycles. The number of ether oxygens (including phenoxy) is 2. The number of hydrogen-bond acceptors (Lipinski definition) is 4. The molecule has 100 valence electrons. The molecule has 0 aliphatic carbocycles. The van der Waals surface area contributed by atoms with E-state index < -0.39 is 22.4 Å². The molecule has 1 aromatic carbocycles. The average molecular weight is 265 g/mol. The van der Waals surface area contributed by atoms with Gasteiger partial charge in [0.2, 0.25) is 0 Å². The average Bonchev–Trinajstić information content (AvgIpc) is 2.28. The van der Waals surface area contributed by atoms with Crippen LogP contribution in [0.2, 0.25) is 0 Å². The van der Waals surface area contributed by atoms with Crippen molar-refractivity contribution in [3.8, 4) is 5.75 Å². The van der Waals surface area contributed by atoms with Gasteiger partial charge < -0.3 is 9.47 Å². The van der Waals surface area contributed by atoms with E-state index in [-0.39, 0.29) is 19.0 Å². The van der Waals surface area contributed by atoms with E-state index in [1.165, 1.54) is 7.11 Å². The molecule has 0 bridgehead atoms. The Hall–Kier alpha value is -1.83. The van der Waals surface area contributed by atoms with E-state index in [0.29, 0.717) is 6.07 Å². The van der Waals surface area contributed by atoms with Crippen LogP contribution in [0.4, 0.5) is 18.9 Å². The number of nitro groups is 1. The van der Waals surface area contributed by atoms with Crippen molar-refractivity contribution in [1.82, 2.24) is 0 Å². The standard InChI is InChI=1S/C10H10F3NO4/c1-17-4-5-18-9-3-2-7(10(11,12)13)6-8(9)14(15)16/h2-3,6H,4-5H2,1H3. The first kappa shape index (κ1) is 14.2. The number of nitrogens with zero attached hydrogens (tertiary/aromatic N) is 1. The van der Waals surface area contributed by atoms with Gasteiger partial charge in [-0.2, -0.15) is 13.2 Å². The number of hydrogen-bond donors (Lipinski definition) is 0. The van der Waals surface area contributed by atoms with Crippen molar-refractivity contribution in [2.24, 2.45) is 0 Å². The van der Waals surface area contributed by atoms with Crippen molar-refractivity contribution in [1.29, 1.82) is 0 Å². The lowest BCUT2D eigenvalue weighted by atomic mass is 10.2. The van der Waals surface area contributed by atoms with Crippen LogP contribution in [-0.4, -0.2) is 25.2 Å². The van der Waals surface area contributed by atoms with Crippen molar-refractivity contribution >= 4 is 5.69 Å². The lowest BCUT2D eigenvalue weighted by Crippen LogP contribution is -2.09. The van der Waals surface area contributed by atoms with E-state index in [1.807, 2.05) is 0 Å². The van der Waals surface area contributed by atoms with Crippen LogP contribution in [0.5, 0.6) is 5.75 Å². The number of benzene rings is 1. The van der Waals surface area contributed by atoms with Gasteiger partial charge in [-0.25, -0.2) is 0 Å². The molecule has 0 saturated carbocycles. The summed E-state index contributed by atoms with van der Waals surface area (Å²) < 4.78 is 46.8. The van der Waals surface area contributed by atoms with Gasteiger partial charge in [-0.05, 0) is 12.1 Å². The largest absolute Gasteiger partial charge is 0.484 e. The van der Waals surface area contributed by atoms with Crippen molar-refractivity contribution in [2.75, 3.05) is 20.3 Å². The topological polar surface area (TPSA) is 61.6 Å². The summed E-state index contributed by atoms with van der Waals surface area (Å²) >= 11 is 0. The molecule has 0 N–H and O–H groups in total. The monoisotopic (exact) mass is 265 g/mol. The predicted octanol–water partition coefficient (Wildman–Crippen LogP) is 2.64. The van der Waals surface area contributed by atoms with Gasteiger partial charge in [0.25, 0.3) is 0 Å². The van der Waals surface area contributed by atoms with E-state index in [4.69, 9.17) is 4.74 Å². The first-order chi connectivity index (χ1) is 8.36. The Bertz CT molecular complexity index is 434. The first-order valence-corrected chi connectivity index (χ1v) is 4.83. The minimum Gasteiger partial charge on any atom is -0.484 e. The molecule has 0 fully saturated rings. The number of alkyl halides is 3. The Morgan fingerprint density at radius 1 is 1.33 bits per heavy atom. The molecule has 1 aromatic rings. The Labute approximate surface area is 100 Å². The van der Waals surface area contributed by atoms with Gasteiger partial charge in [-0.15, -0.1) is 0 Å². The third kappa shape index (κ3) is 3.59. The second kappa shape index (κ2) is 5.67. The number of halogens is 3. The van der Waals surface area contributed by atoms with Crippen LogP contribution in [0.1, 0.15) is 5.56 Å². The van der Waals surface area contributed by atoms with Crippen LogP contribution < -0.4 is 4.74 Å². The highest BCUT2D eigenvalue weighted by atomic mass is 19.4. The van der Waals surface area contributed by atoms with Crippen LogP contribution >= 0.6 is 0 Å². The molecule has 0 radical (unpaired) electrons. The molecule has 8 heteroatoms. The number of rotatable bonds is 5. The predicted molar refractivity (Wildman–Crippen MR) is 55.5 cm³/mol. The van der Waals surface area contributed by atoms with E-state index in [2.05, 4.69) is 4.74 Å². The summed E-state index contributed by atoms with van der Waals surface area (Å²) in [6.45, 7) is 0.195. The maximum Gasteiger partial charge on any atom is 0.416 e. The summed E-state index contributed by atoms with van der Waals surface area (Å²) in [6, 6.07) is 2.11. The Morgan fingerprint density at radius 3 is 2.50 bits per heavy atom. The van der Waals surface area contributed by atoms with Gasteiger partial charge in [-0.3, -0.25) is 10.1 Å². The summed E-state index contributed by atoms with van der Waals surface area (Å²) in [5.74, 6) is -0.218. The minimum absolute atomic E-state index is 0.0166. The van der Waals surface area contributed by atoms with Gasteiger partial charge in [0.15, 0.2) is 5.75 Å². The van der Waals surface area contributed by atoms with Crippen molar-refractivity contribution in [3.05, 3.63) is 33.9 Å². The molecule has 1 rings (SSSR count). The molecule has 0 aliphatic rings. The maximum atomic E-state index is 12.4. The fourth-order valence-electron chi connectivity index (χ4n) is 1.19. The summed E-state index contributed by atoms with van der Waals surface area (Å²) in [5.41, 5.74) is -1.81. The zero-order chi connectivity index (χ0) is 13.8. The normalized spacial score (nSPS) is 11.3. The third-order valence-corrected chi connectivity index (χ3v) is 2.03. The molecule has 0 unspecified atom stereocenters. The zero-order valence-electron chi connectivity index (χ0n) is 9.36. The molecule has 0 spiro atoms. The van der Waals surface area contributed by atoms with Crippen LogP contribution in [0.3, 0.4) is 0 Å². The lowest BCUT2D eigenvalue weighted by molar-refractivity contribution is -0.386. The summed E-state index contributed by atoms with van der Waals surface area (Å²) in [4.78, 5) is 9.74. The van der Waals surface area contributed by atoms with E-state index >= 15 is 0 Å². The quantitative estimate of drug-likeness (QED) is 0.466. The first-order valence-electron chi connectivity index (χ1n) is 4.83. The maximum absolute atomic E-state index is 12.4. The Morgan fingerprint density at radius 2 is 2.00 bits per heavy atom. The molecular weight excluding hydrogens is 255 g/mol. The van der Waals surface area contributed by atoms with Gasteiger partial charge in [-0.1, -0.05) is 0 Å². The summed E-state index contributed by atoms with van der Waals surface area (Å²) in [7, 11) is 1.41. The molecule has 0 saturated heterocycles. The molecule has 0 aromatic heterocycles. The zero-order valence-corrected chi connectivity index (χ0v) is 9.36. The van der Waals surface area contributed by atoms with Crippen LogP contribution in [0, 0.1) is 10.1 Å². The fourth-order valence-corrected chi connectivity index (χ4v) is 1.19. The van der Waals surface area contributed by atoms with Gasteiger partial charge >= 0.3 is 11.9 Å². The number of methoxy groups -OCH3 is 1. The smallest absolute Gasteiger partial charge is 0.416 e. The Balaban J connectivity index is 3.01. The van der Waals surface area contributed by atoms with Crippen molar-refractivity contribution < 1.29 is 27.6 Å². The van der Waals surface area contributed by atoms with Crippen molar-refractivity contribution in [2.45, 2.75) is 6.18 Å². The molecule has 0 amide bonds. The Kier molecular flexibility index (Phi) is 4.49. The van der Waals surface area contributed by atoms with Crippen LogP contribution in [0.25, 0.3) is 0 Å². The SMILES string of the molecule is COCCOc1ccc(C(F)(F)F)cc1[N+](=O)[O-]. The number of nitro benzene ring substituents is 1. The second-order valence-electron chi connectivity index (χ2n) is 3.28. The third-order valence-electron chi connectivity index (χ3n) is 2.03. The van der Waals surface area contributed by atoms with Crippen molar-refractivity contribution in [3.63, 3.8) is 0 Å². The highest BCUT2D eigenvalue weighted by Gasteiger charge is 2.33. The van der Waals surface area contributed by atoms with E-state index in [1.54, 1.807) is 0 Å². The highest BCUT2D eigenvalue weighted by Crippen LogP contribution is 2.35. The molecule has 5 nitrogen and oxygen atoms in total. The molecule has 18 heavy (non-hydrogen) atoms. The van der Waals surface area contributed by atoms with Crippen LogP contribution in [-0.2, 0) is 10.9 Å². The van der Waals surface area contributed by atoms with Gasteiger partial charge in [0, 0.05) is 13.2 Å². The van der Waals surface area contributed by atoms with E-state index in [0.717, 1.165) is 12.1 Å². The molecule has 0 atom stereocenters. The van der Waals surface area contributed by atoms with Gasteiger partial charge in [0.1, 0.15) is 6.61 Å². The summed E-state index contributed by atoms with van der Waals surface area (Å²) in [5, 5.41) is 10.7. The minimum atomic E-state index is -4.63. The van der Waals surface area contributed by atoms with Crippen LogP contribution in [0.15, 0.2) is 18.2 Å². The van der Waals surface area contributed by atoms with E-state index in [9.17, 15) is 23.3 Å². The molecular formula is C10H10F3NO4.